The summed E-state index contributed by atoms with van der Waals surface area (Å²) in [4.78, 5) is 7.42. The predicted molar refractivity (Wildman–Crippen MR) is 147 cm³/mol. The van der Waals surface area contributed by atoms with Gasteiger partial charge in [0, 0.05) is 59.6 Å². The van der Waals surface area contributed by atoms with Crippen molar-refractivity contribution >= 4 is 29.9 Å². The summed E-state index contributed by atoms with van der Waals surface area (Å²) in [5, 5.41) is 6.87. The lowest BCUT2D eigenvalue weighted by atomic mass is 9.67. The van der Waals surface area contributed by atoms with Gasteiger partial charge in [0.15, 0.2) is 5.96 Å². The number of nitrogens with zero attached hydrogens (tertiary/aromatic N) is 2. The molecule has 0 unspecified atom stereocenters. The Morgan fingerprint density at radius 2 is 1.88 bits per heavy atom. The normalized spacial score (nSPS) is 18.9. The van der Waals surface area contributed by atoms with Crippen LogP contribution in [0.2, 0.25) is 0 Å². The van der Waals surface area contributed by atoms with Gasteiger partial charge >= 0.3 is 0 Å². The monoisotopic (exact) mass is 572 g/mol. The minimum atomic E-state index is 0. The van der Waals surface area contributed by atoms with Crippen LogP contribution in [-0.2, 0) is 16.0 Å². The Morgan fingerprint density at radius 3 is 2.52 bits per heavy atom. The SMILES string of the molecule is CCNC(=NCC1(CCOC)CCC1)NCCCOC1CCN(Cc2ccccc2)CC1.I. The molecular formula is C26H45IN4O2. The first-order valence-electron chi connectivity index (χ1n) is 12.6. The maximum Gasteiger partial charge on any atom is 0.191 e. The maximum atomic E-state index is 6.17. The van der Waals surface area contributed by atoms with Gasteiger partial charge in [-0.05, 0) is 56.4 Å². The summed E-state index contributed by atoms with van der Waals surface area (Å²) >= 11 is 0. The van der Waals surface area contributed by atoms with Gasteiger partial charge in [0.05, 0.1) is 6.10 Å². The molecule has 0 spiro atoms. The molecule has 2 N–H and O–H groups in total. The van der Waals surface area contributed by atoms with E-state index in [1.807, 2.05) is 0 Å². The molecule has 1 aromatic rings. The molecule has 0 aromatic heterocycles. The summed E-state index contributed by atoms with van der Waals surface area (Å²) in [5.41, 5.74) is 1.76. The van der Waals surface area contributed by atoms with E-state index in [4.69, 9.17) is 14.5 Å². The molecule has 6 nitrogen and oxygen atoms in total. The van der Waals surface area contributed by atoms with Gasteiger partial charge in [-0.3, -0.25) is 9.89 Å². The van der Waals surface area contributed by atoms with Crippen LogP contribution in [0.4, 0.5) is 0 Å². The van der Waals surface area contributed by atoms with Crippen molar-refractivity contribution in [2.45, 2.75) is 64.5 Å². The molecule has 0 amide bonds. The average Bonchev–Trinajstić information content (AvgIpc) is 2.79. The molecule has 0 radical (unpaired) electrons. The van der Waals surface area contributed by atoms with Gasteiger partial charge in [-0.25, -0.2) is 0 Å². The second-order valence-electron chi connectivity index (χ2n) is 9.40. The summed E-state index contributed by atoms with van der Waals surface area (Å²) in [6, 6.07) is 10.8. The number of benzene rings is 1. The second kappa shape index (κ2) is 15.9. The molecule has 1 saturated heterocycles. The van der Waals surface area contributed by atoms with Crippen molar-refractivity contribution in [2.75, 3.05) is 53.0 Å². The van der Waals surface area contributed by atoms with Crippen LogP contribution in [0.1, 0.15) is 57.4 Å². The van der Waals surface area contributed by atoms with E-state index in [1.165, 1.54) is 24.8 Å². The van der Waals surface area contributed by atoms with Gasteiger partial charge < -0.3 is 20.1 Å². The van der Waals surface area contributed by atoms with Crippen LogP contribution in [-0.4, -0.2) is 70.0 Å². The number of nitrogens with one attached hydrogen (secondary N) is 2. The van der Waals surface area contributed by atoms with Crippen molar-refractivity contribution in [3.63, 3.8) is 0 Å². The first-order chi connectivity index (χ1) is 15.7. The standard InChI is InChI=1S/C26H44N4O2.HI/c1-3-27-25(29-22-26(13-7-14-26)15-20-31-2)28-16-8-19-32-24-11-17-30(18-12-24)21-23-9-5-4-6-10-23;/h4-6,9-10,24H,3,7-8,11-22H2,1-2H3,(H2,27,28,29);1H. The zero-order valence-electron chi connectivity index (χ0n) is 20.7. The molecule has 1 heterocycles. The van der Waals surface area contributed by atoms with Crippen molar-refractivity contribution in [1.29, 1.82) is 0 Å². The van der Waals surface area contributed by atoms with Crippen LogP contribution >= 0.6 is 24.0 Å². The molecule has 1 saturated carbocycles. The van der Waals surface area contributed by atoms with Crippen LogP contribution in [0.3, 0.4) is 0 Å². The van der Waals surface area contributed by atoms with E-state index < -0.39 is 0 Å². The average molecular weight is 573 g/mol. The third-order valence-corrected chi connectivity index (χ3v) is 6.92. The van der Waals surface area contributed by atoms with Crippen LogP contribution in [0.15, 0.2) is 35.3 Å². The summed E-state index contributed by atoms with van der Waals surface area (Å²) in [5.74, 6) is 0.936. The molecule has 3 rings (SSSR count). The summed E-state index contributed by atoms with van der Waals surface area (Å²) in [6.07, 6.45) is 8.67. The van der Waals surface area contributed by atoms with Crippen molar-refractivity contribution in [1.82, 2.24) is 15.5 Å². The fraction of sp³-hybridized carbons (Fsp3) is 0.731. The van der Waals surface area contributed by atoms with E-state index in [0.717, 1.165) is 84.1 Å². The highest BCUT2D eigenvalue weighted by Crippen LogP contribution is 2.44. The zero-order chi connectivity index (χ0) is 22.5. The molecule has 1 aromatic carbocycles. The number of aliphatic imine (C=N–C) groups is 1. The minimum absolute atomic E-state index is 0. The number of guanidine groups is 1. The Labute approximate surface area is 218 Å². The largest absolute Gasteiger partial charge is 0.385 e. The second-order valence-corrected chi connectivity index (χ2v) is 9.40. The Kier molecular flexibility index (Phi) is 13.7. The lowest BCUT2D eigenvalue weighted by Crippen LogP contribution is -2.41. The zero-order valence-corrected chi connectivity index (χ0v) is 23.0. The molecule has 1 aliphatic carbocycles. The smallest absolute Gasteiger partial charge is 0.191 e. The van der Waals surface area contributed by atoms with E-state index in [2.05, 4.69) is 52.8 Å². The van der Waals surface area contributed by atoms with Gasteiger partial charge in [0.1, 0.15) is 0 Å². The van der Waals surface area contributed by atoms with Gasteiger partial charge in [-0.2, -0.15) is 0 Å². The first-order valence-corrected chi connectivity index (χ1v) is 12.6. The van der Waals surface area contributed by atoms with Gasteiger partial charge in [0.2, 0.25) is 0 Å². The van der Waals surface area contributed by atoms with E-state index in [9.17, 15) is 0 Å². The van der Waals surface area contributed by atoms with Crippen molar-refractivity contribution in [2.24, 2.45) is 10.4 Å². The van der Waals surface area contributed by atoms with Crippen LogP contribution < -0.4 is 10.6 Å². The summed E-state index contributed by atoms with van der Waals surface area (Å²) in [6.45, 7) is 9.74. The highest BCUT2D eigenvalue weighted by molar-refractivity contribution is 14.0. The molecule has 188 valence electrons. The fourth-order valence-electron chi connectivity index (χ4n) is 4.68. The first kappa shape index (κ1) is 28.3. The lowest BCUT2D eigenvalue weighted by Gasteiger charge is -2.40. The van der Waals surface area contributed by atoms with Crippen LogP contribution in [0, 0.1) is 5.41 Å². The van der Waals surface area contributed by atoms with E-state index in [-0.39, 0.29) is 24.0 Å². The number of halogens is 1. The number of rotatable bonds is 13. The molecule has 33 heavy (non-hydrogen) atoms. The van der Waals surface area contributed by atoms with Crippen molar-refractivity contribution < 1.29 is 9.47 Å². The van der Waals surface area contributed by atoms with Crippen LogP contribution in [0.5, 0.6) is 0 Å². The Hall–Kier alpha value is -0.900. The van der Waals surface area contributed by atoms with E-state index in [0.29, 0.717) is 11.5 Å². The minimum Gasteiger partial charge on any atom is -0.385 e. The number of methoxy groups -OCH3 is 1. The highest BCUT2D eigenvalue weighted by atomic mass is 127. The number of hydrogen-bond donors (Lipinski definition) is 2. The molecule has 2 fully saturated rings. The third-order valence-electron chi connectivity index (χ3n) is 6.92. The number of piperidine rings is 1. The summed E-state index contributed by atoms with van der Waals surface area (Å²) < 4.78 is 11.5. The molecular weight excluding hydrogens is 527 g/mol. The molecule has 2 aliphatic rings. The van der Waals surface area contributed by atoms with Gasteiger partial charge in [-0.15, -0.1) is 24.0 Å². The number of likely N-dealkylation sites (tertiary alicyclic amines) is 1. The maximum absolute atomic E-state index is 6.17. The number of ether oxygens (including phenoxy) is 2. The Bertz CT molecular complexity index is 662. The van der Waals surface area contributed by atoms with E-state index >= 15 is 0 Å². The van der Waals surface area contributed by atoms with Crippen molar-refractivity contribution in [3.05, 3.63) is 35.9 Å². The Morgan fingerprint density at radius 1 is 1.12 bits per heavy atom. The van der Waals surface area contributed by atoms with E-state index in [1.54, 1.807) is 7.11 Å². The quantitative estimate of drug-likeness (QED) is 0.159. The van der Waals surface area contributed by atoms with Gasteiger partial charge in [-0.1, -0.05) is 36.8 Å². The number of hydrogen-bond acceptors (Lipinski definition) is 4. The fourth-order valence-corrected chi connectivity index (χ4v) is 4.68. The van der Waals surface area contributed by atoms with Crippen molar-refractivity contribution in [3.8, 4) is 0 Å². The highest BCUT2D eigenvalue weighted by Gasteiger charge is 2.36. The van der Waals surface area contributed by atoms with Crippen LogP contribution in [0.25, 0.3) is 0 Å². The predicted octanol–water partition coefficient (Wildman–Crippen LogP) is 4.44. The lowest BCUT2D eigenvalue weighted by molar-refractivity contribution is 0.00534. The third kappa shape index (κ3) is 10.1. The molecule has 0 atom stereocenters. The molecule has 1 aliphatic heterocycles. The Balaban J connectivity index is 0.00000385. The van der Waals surface area contributed by atoms with Gasteiger partial charge in [0.25, 0.3) is 0 Å². The molecule has 7 heteroatoms. The molecule has 0 bridgehead atoms. The topological polar surface area (TPSA) is 58.1 Å². The summed E-state index contributed by atoms with van der Waals surface area (Å²) in [7, 11) is 1.79.